The fraction of sp³-hybridized carbons (Fsp3) is 0.267. The number of ether oxygens (including phenoxy) is 2. The van der Waals surface area contributed by atoms with Gasteiger partial charge in [0.15, 0.2) is 5.78 Å². The number of rotatable bonds is 7. The number of nitrogens with zero attached hydrogens (tertiary/aromatic N) is 2. The zero-order chi connectivity index (χ0) is 28.4. The van der Waals surface area contributed by atoms with Crippen molar-refractivity contribution in [3.05, 3.63) is 105 Å². The van der Waals surface area contributed by atoms with Crippen molar-refractivity contribution < 1.29 is 28.2 Å². The summed E-state index contributed by atoms with van der Waals surface area (Å²) in [6.45, 7) is 3.55. The van der Waals surface area contributed by atoms with E-state index in [0.717, 1.165) is 4.88 Å². The first-order valence-corrected chi connectivity index (χ1v) is 13.8. The molecule has 1 aliphatic heterocycles. The lowest BCUT2D eigenvalue weighted by atomic mass is 9.68. The molecular weight excluding hydrogens is 533 g/mol. The number of Topliss-reactive ketones (excluding diaryl/α,β-unsaturated/α-hetero) is 1. The Hall–Kier alpha value is -4.31. The fourth-order valence-electron chi connectivity index (χ4n) is 5.47. The second kappa shape index (κ2) is 11.4. The topological polar surface area (TPSA) is 112 Å². The van der Waals surface area contributed by atoms with Crippen molar-refractivity contribution in [3.63, 3.8) is 0 Å². The first kappa shape index (κ1) is 27.3. The van der Waals surface area contributed by atoms with Crippen molar-refractivity contribution in [3.8, 4) is 0 Å². The molecule has 8 nitrogen and oxygen atoms in total. The van der Waals surface area contributed by atoms with Gasteiger partial charge in [0.2, 0.25) is 0 Å². The van der Waals surface area contributed by atoms with Crippen LogP contribution in [0.25, 0.3) is 0 Å². The van der Waals surface area contributed by atoms with Crippen molar-refractivity contribution in [1.82, 2.24) is 4.98 Å². The third-order valence-electron chi connectivity index (χ3n) is 7.09. The van der Waals surface area contributed by atoms with E-state index in [4.69, 9.17) is 15.2 Å². The number of thiophene rings is 1. The lowest BCUT2D eigenvalue weighted by Gasteiger charge is -2.43. The van der Waals surface area contributed by atoms with Gasteiger partial charge in [-0.25, -0.2) is 9.18 Å². The molecule has 40 heavy (non-hydrogen) atoms. The average molecular weight is 562 g/mol. The number of aromatic nitrogens is 1. The van der Waals surface area contributed by atoms with Crippen LogP contribution in [0.15, 0.2) is 89.0 Å². The molecule has 1 aliphatic carbocycles. The monoisotopic (exact) mass is 561 g/mol. The predicted octanol–water partition coefficient (Wildman–Crippen LogP) is 4.81. The molecule has 0 bridgehead atoms. The Kier molecular flexibility index (Phi) is 7.79. The van der Waals surface area contributed by atoms with Crippen LogP contribution in [0.5, 0.6) is 0 Å². The smallest absolute Gasteiger partial charge is 0.338 e. The molecule has 10 heteroatoms. The Bertz CT molecular complexity index is 1490. The lowest BCUT2D eigenvalue weighted by molar-refractivity contribution is -0.152. The molecule has 0 saturated carbocycles. The zero-order valence-electron chi connectivity index (χ0n) is 22.0. The molecule has 0 fully saturated rings. The highest BCUT2D eigenvalue weighted by molar-refractivity contribution is 7.10. The maximum atomic E-state index is 14.6. The number of pyridine rings is 1. The van der Waals surface area contributed by atoms with Crippen molar-refractivity contribution in [2.45, 2.75) is 32.1 Å². The van der Waals surface area contributed by atoms with Crippen LogP contribution in [0, 0.1) is 11.7 Å². The van der Waals surface area contributed by atoms with E-state index in [1.807, 2.05) is 17.5 Å². The van der Waals surface area contributed by atoms with Gasteiger partial charge in [0.1, 0.15) is 17.6 Å². The summed E-state index contributed by atoms with van der Waals surface area (Å²) in [6, 6.07) is 12.8. The molecule has 5 rings (SSSR count). The highest BCUT2D eigenvalue weighted by Gasteiger charge is 2.51. The van der Waals surface area contributed by atoms with Crippen molar-refractivity contribution >= 4 is 34.7 Å². The number of carbonyl (C=O) groups is 3. The van der Waals surface area contributed by atoms with E-state index >= 15 is 0 Å². The number of benzene rings is 1. The highest BCUT2D eigenvalue weighted by atomic mass is 32.1. The molecule has 3 atom stereocenters. The largest absolute Gasteiger partial charge is 0.465 e. The van der Waals surface area contributed by atoms with Crippen LogP contribution in [-0.4, -0.2) is 35.9 Å². The van der Waals surface area contributed by atoms with Crippen LogP contribution in [0.1, 0.15) is 42.5 Å². The molecule has 2 N–H and O–H groups in total. The van der Waals surface area contributed by atoms with E-state index in [1.165, 1.54) is 35.6 Å². The summed E-state index contributed by atoms with van der Waals surface area (Å²) >= 11 is 1.44. The second-order valence-electron chi connectivity index (χ2n) is 9.33. The van der Waals surface area contributed by atoms with Gasteiger partial charge in [0.05, 0.1) is 24.7 Å². The quantitative estimate of drug-likeness (QED) is 0.323. The number of halogens is 1. The number of carbonyl (C=O) groups excluding carboxylic acids is 3. The van der Waals surface area contributed by atoms with E-state index in [0.29, 0.717) is 16.9 Å². The summed E-state index contributed by atoms with van der Waals surface area (Å²) in [5.41, 5.74) is 8.58. The molecular formula is C30H28FN3O5S. The maximum absolute atomic E-state index is 14.6. The average Bonchev–Trinajstić information content (AvgIpc) is 3.49. The third-order valence-corrected chi connectivity index (χ3v) is 8.09. The number of anilines is 1. The van der Waals surface area contributed by atoms with E-state index in [1.54, 1.807) is 43.3 Å². The van der Waals surface area contributed by atoms with Gasteiger partial charge in [-0.3, -0.25) is 19.5 Å². The minimum absolute atomic E-state index is 0.0449. The summed E-state index contributed by atoms with van der Waals surface area (Å²) in [6.07, 6.45) is 3.39. The van der Waals surface area contributed by atoms with Crippen molar-refractivity contribution in [2.24, 2.45) is 11.7 Å². The van der Waals surface area contributed by atoms with Crippen LogP contribution in [0.2, 0.25) is 0 Å². The first-order chi connectivity index (χ1) is 19.4. The zero-order valence-corrected chi connectivity index (χ0v) is 22.8. The summed E-state index contributed by atoms with van der Waals surface area (Å²) < 4.78 is 24.7. The summed E-state index contributed by atoms with van der Waals surface area (Å²) in [5.74, 6) is -4.78. The minimum atomic E-state index is -1.13. The Labute approximate surface area is 234 Å². The Morgan fingerprint density at radius 3 is 2.48 bits per heavy atom. The molecule has 0 radical (unpaired) electrons. The van der Waals surface area contributed by atoms with E-state index in [9.17, 15) is 18.8 Å². The number of esters is 2. The van der Waals surface area contributed by atoms with Crippen molar-refractivity contribution in [1.29, 1.82) is 0 Å². The van der Waals surface area contributed by atoms with Crippen LogP contribution in [0.3, 0.4) is 0 Å². The molecule has 3 heterocycles. The van der Waals surface area contributed by atoms with Crippen LogP contribution < -0.4 is 10.6 Å². The Balaban J connectivity index is 1.80. The standard InChI is InChI=1S/C30H28FN3O5S/c1-3-38-29(36)24-20(22-8-6-14-40-22)15-21-25(27(24)35)23(17-7-5-13-33-16-17)26(30(37)39-4-2)28(32)34(21)19-11-9-18(31)10-12-19/h5-14,16,20,23-24H,3-4,15,32H2,1-2H3/t20-,23+,24+/m1/s1. The van der Waals surface area contributed by atoms with Gasteiger partial charge >= 0.3 is 11.9 Å². The molecule has 3 aromatic rings. The van der Waals surface area contributed by atoms with E-state index in [2.05, 4.69) is 4.98 Å². The predicted molar refractivity (Wildman–Crippen MR) is 148 cm³/mol. The van der Waals surface area contributed by atoms with Gasteiger partial charge in [0, 0.05) is 40.1 Å². The number of ketones is 1. The number of nitrogens with two attached hydrogens (primary N) is 1. The number of allylic oxidation sites excluding steroid dienone is 2. The second-order valence-corrected chi connectivity index (χ2v) is 10.3. The normalized spacial score (nSPS) is 20.8. The fourth-order valence-corrected chi connectivity index (χ4v) is 6.34. The first-order valence-electron chi connectivity index (χ1n) is 13.0. The molecule has 0 unspecified atom stereocenters. The molecule has 0 saturated heterocycles. The lowest BCUT2D eigenvalue weighted by Crippen LogP contribution is -2.46. The molecule has 2 aromatic heterocycles. The van der Waals surface area contributed by atoms with Crippen LogP contribution in [0.4, 0.5) is 10.1 Å². The summed E-state index contributed by atoms with van der Waals surface area (Å²) in [7, 11) is 0. The van der Waals surface area contributed by atoms with Gasteiger partial charge < -0.3 is 15.2 Å². The number of hydrogen-bond donors (Lipinski definition) is 1. The van der Waals surface area contributed by atoms with Gasteiger partial charge in [-0.15, -0.1) is 11.3 Å². The molecule has 206 valence electrons. The van der Waals surface area contributed by atoms with Crippen molar-refractivity contribution in [2.75, 3.05) is 18.1 Å². The molecule has 0 spiro atoms. The van der Waals surface area contributed by atoms with Gasteiger partial charge in [-0.2, -0.15) is 0 Å². The highest BCUT2D eigenvalue weighted by Crippen LogP contribution is 2.52. The van der Waals surface area contributed by atoms with Gasteiger partial charge in [0.25, 0.3) is 0 Å². The van der Waals surface area contributed by atoms with Crippen LogP contribution in [-0.2, 0) is 23.9 Å². The molecule has 0 amide bonds. The SMILES string of the molecule is CCOC(=O)C1=C(N)N(c2ccc(F)cc2)C2=C(C(=O)[C@@H](C(=O)OCC)[C@@H](c3cccs3)C2)[C@@H]1c1cccnc1. The Morgan fingerprint density at radius 1 is 1.10 bits per heavy atom. The van der Waals surface area contributed by atoms with Gasteiger partial charge in [-0.1, -0.05) is 12.1 Å². The third kappa shape index (κ3) is 4.79. The van der Waals surface area contributed by atoms with Crippen LogP contribution >= 0.6 is 11.3 Å². The summed E-state index contributed by atoms with van der Waals surface area (Å²) in [4.78, 5) is 48.0. The summed E-state index contributed by atoms with van der Waals surface area (Å²) in [5, 5.41) is 1.89. The minimum Gasteiger partial charge on any atom is -0.465 e. The number of hydrogen-bond acceptors (Lipinski definition) is 9. The van der Waals surface area contributed by atoms with E-state index < -0.39 is 41.3 Å². The molecule has 1 aromatic carbocycles. The Morgan fingerprint density at radius 2 is 1.85 bits per heavy atom. The van der Waals surface area contributed by atoms with Gasteiger partial charge in [-0.05, 0) is 67.6 Å². The van der Waals surface area contributed by atoms with E-state index in [-0.39, 0.29) is 36.6 Å². The maximum Gasteiger partial charge on any atom is 0.338 e. The molecule has 2 aliphatic rings.